The lowest BCUT2D eigenvalue weighted by molar-refractivity contribution is 0.509. The summed E-state index contributed by atoms with van der Waals surface area (Å²) in [5, 5.41) is 12.1. The first-order chi connectivity index (χ1) is 10.1. The molecule has 0 amide bonds. The Hall–Kier alpha value is -2.75. The molecule has 1 fully saturated rings. The van der Waals surface area contributed by atoms with Gasteiger partial charge in [-0.05, 0) is 31.0 Å². The second kappa shape index (κ2) is 4.98. The molecular formula is C14H10F2N4O. The SMILES string of the molecule is N#Cc1c(-c2ccc(F)c(F)c2)nc(NC2CC2)[nH]c1=O. The summed E-state index contributed by atoms with van der Waals surface area (Å²) in [6, 6.07) is 5.12. The van der Waals surface area contributed by atoms with Crippen LogP contribution >= 0.6 is 0 Å². The Morgan fingerprint density at radius 3 is 2.71 bits per heavy atom. The van der Waals surface area contributed by atoms with E-state index in [0.29, 0.717) is 0 Å². The summed E-state index contributed by atoms with van der Waals surface area (Å²) >= 11 is 0. The molecule has 0 saturated heterocycles. The van der Waals surface area contributed by atoms with Crippen molar-refractivity contribution in [1.82, 2.24) is 9.97 Å². The second-order valence-corrected chi connectivity index (χ2v) is 4.80. The summed E-state index contributed by atoms with van der Waals surface area (Å²) < 4.78 is 26.3. The number of nitrogens with one attached hydrogen (secondary N) is 2. The van der Waals surface area contributed by atoms with Crippen molar-refractivity contribution in [2.75, 3.05) is 5.32 Å². The minimum absolute atomic E-state index is 0.0308. The van der Waals surface area contributed by atoms with Crippen LogP contribution in [0, 0.1) is 23.0 Å². The molecule has 5 nitrogen and oxygen atoms in total. The molecule has 0 radical (unpaired) electrons. The highest BCUT2D eigenvalue weighted by Gasteiger charge is 2.23. The molecule has 7 heteroatoms. The van der Waals surface area contributed by atoms with Gasteiger partial charge in [-0.1, -0.05) is 0 Å². The zero-order valence-electron chi connectivity index (χ0n) is 10.8. The van der Waals surface area contributed by atoms with Gasteiger partial charge in [0.05, 0.1) is 5.69 Å². The predicted octanol–water partition coefficient (Wildman–Crippen LogP) is 2.16. The van der Waals surface area contributed by atoms with Crippen molar-refractivity contribution in [3.05, 3.63) is 45.8 Å². The fourth-order valence-electron chi connectivity index (χ4n) is 1.92. The number of nitrogens with zero attached hydrogens (tertiary/aromatic N) is 2. The number of hydrogen-bond acceptors (Lipinski definition) is 4. The van der Waals surface area contributed by atoms with E-state index >= 15 is 0 Å². The van der Waals surface area contributed by atoms with Crippen LogP contribution in [0.5, 0.6) is 0 Å². The maximum Gasteiger partial charge on any atom is 0.270 e. The van der Waals surface area contributed by atoms with Gasteiger partial charge in [0.2, 0.25) is 5.95 Å². The minimum Gasteiger partial charge on any atom is -0.353 e. The summed E-state index contributed by atoms with van der Waals surface area (Å²) in [6.07, 6.45) is 1.95. The van der Waals surface area contributed by atoms with Crippen molar-refractivity contribution < 1.29 is 8.78 Å². The number of nitriles is 1. The number of anilines is 1. The molecule has 3 rings (SSSR count). The monoisotopic (exact) mass is 288 g/mol. The van der Waals surface area contributed by atoms with Gasteiger partial charge in [-0.15, -0.1) is 0 Å². The average Bonchev–Trinajstić information content (AvgIpc) is 3.25. The Morgan fingerprint density at radius 1 is 1.33 bits per heavy atom. The molecule has 1 heterocycles. The van der Waals surface area contributed by atoms with Crippen molar-refractivity contribution in [2.45, 2.75) is 18.9 Å². The molecule has 0 atom stereocenters. The van der Waals surface area contributed by atoms with Gasteiger partial charge < -0.3 is 5.32 Å². The summed E-state index contributed by atoms with van der Waals surface area (Å²) in [6.45, 7) is 0. The van der Waals surface area contributed by atoms with Gasteiger partial charge in [-0.25, -0.2) is 13.8 Å². The van der Waals surface area contributed by atoms with Gasteiger partial charge >= 0.3 is 0 Å². The van der Waals surface area contributed by atoms with Gasteiger partial charge in [0.25, 0.3) is 5.56 Å². The smallest absolute Gasteiger partial charge is 0.270 e. The first kappa shape index (κ1) is 13.2. The van der Waals surface area contributed by atoms with Gasteiger partial charge in [-0.3, -0.25) is 9.78 Å². The lowest BCUT2D eigenvalue weighted by Gasteiger charge is -2.08. The summed E-state index contributed by atoms with van der Waals surface area (Å²) in [5.74, 6) is -1.84. The Labute approximate surface area is 118 Å². The van der Waals surface area contributed by atoms with Crippen molar-refractivity contribution >= 4 is 5.95 Å². The Bertz CT molecular complexity index is 806. The highest BCUT2D eigenvalue weighted by Crippen LogP contribution is 2.25. The summed E-state index contributed by atoms with van der Waals surface area (Å²) in [7, 11) is 0. The molecule has 2 N–H and O–H groups in total. The zero-order chi connectivity index (χ0) is 15.0. The van der Waals surface area contributed by atoms with Crippen LogP contribution in [-0.4, -0.2) is 16.0 Å². The number of aromatic nitrogens is 2. The standard InChI is InChI=1S/C14H10F2N4O/c15-10-4-1-7(5-11(10)16)12-9(6-17)13(21)20-14(19-12)18-8-2-3-8/h1,4-5,8H,2-3H2,(H2,18,19,20,21). The third-order valence-corrected chi connectivity index (χ3v) is 3.14. The summed E-state index contributed by atoms with van der Waals surface area (Å²) in [5.41, 5.74) is -0.642. The Balaban J connectivity index is 2.14. The Kier molecular flexibility index (Phi) is 3.14. The number of aromatic amines is 1. The molecular weight excluding hydrogens is 278 g/mol. The number of benzene rings is 1. The van der Waals surface area contributed by atoms with Gasteiger partial charge in [0, 0.05) is 11.6 Å². The maximum absolute atomic E-state index is 13.3. The Morgan fingerprint density at radius 2 is 2.10 bits per heavy atom. The molecule has 1 aliphatic carbocycles. The largest absolute Gasteiger partial charge is 0.353 e. The number of rotatable bonds is 3. The normalized spacial score (nSPS) is 13.8. The molecule has 0 bridgehead atoms. The van der Waals surface area contributed by atoms with E-state index in [9.17, 15) is 13.6 Å². The van der Waals surface area contributed by atoms with Crippen LogP contribution < -0.4 is 10.9 Å². The van der Waals surface area contributed by atoms with E-state index in [0.717, 1.165) is 25.0 Å². The van der Waals surface area contributed by atoms with E-state index in [1.165, 1.54) is 6.07 Å². The topological polar surface area (TPSA) is 81.6 Å². The molecule has 106 valence electrons. The first-order valence-corrected chi connectivity index (χ1v) is 6.35. The predicted molar refractivity (Wildman–Crippen MR) is 71.6 cm³/mol. The second-order valence-electron chi connectivity index (χ2n) is 4.80. The van der Waals surface area contributed by atoms with Crippen molar-refractivity contribution in [3.63, 3.8) is 0 Å². The molecule has 1 aromatic carbocycles. The number of hydrogen-bond donors (Lipinski definition) is 2. The third kappa shape index (κ3) is 2.60. The lowest BCUT2D eigenvalue weighted by atomic mass is 10.1. The van der Waals surface area contributed by atoms with E-state index in [1.807, 2.05) is 0 Å². The first-order valence-electron chi connectivity index (χ1n) is 6.35. The van der Waals surface area contributed by atoms with E-state index in [-0.39, 0.29) is 28.8 Å². The molecule has 2 aromatic rings. The van der Waals surface area contributed by atoms with Gasteiger partial charge in [-0.2, -0.15) is 5.26 Å². The van der Waals surface area contributed by atoms with Crippen LogP contribution in [0.2, 0.25) is 0 Å². The zero-order valence-corrected chi connectivity index (χ0v) is 10.8. The number of H-pyrrole nitrogens is 1. The van der Waals surface area contributed by atoms with Crippen LogP contribution in [-0.2, 0) is 0 Å². The molecule has 0 unspecified atom stereocenters. The quantitative estimate of drug-likeness (QED) is 0.906. The molecule has 0 aliphatic heterocycles. The van der Waals surface area contributed by atoms with E-state index in [1.54, 1.807) is 6.07 Å². The van der Waals surface area contributed by atoms with Crippen LogP contribution in [0.15, 0.2) is 23.0 Å². The van der Waals surface area contributed by atoms with Gasteiger partial charge in [0.1, 0.15) is 11.6 Å². The minimum atomic E-state index is -1.06. The molecule has 1 saturated carbocycles. The van der Waals surface area contributed by atoms with E-state index in [2.05, 4.69) is 15.3 Å². The fourth-order valence-corrected chi connectivity index (χ4v) is 1.92. The van der Waals surface area contributed by atoms with Gasteiger partial charge in [0.15, 0.2) is 11.6 Å². The molecule has 0 spiro atoms. The summed E-state index contributed by atoms with van der Waals surface area (Å²) in [4.78, 5) is 18.5. The highest BCUT2D eigenvalue weighted by atomic mass is 19.2. The van der Waals surface area contributed by atoms with Crippen LogP contribution in [0.4, 0.5) is 14.7 Å². The van der Waals surface area contributed by atoms with E-state index in [4.69, 9.17) is 5.26 Å². The molecule has 1 aromatic heterocycles. The molecule has 21 heavy (non-hydrogen) atoms. The lowest BCUT2D eigenvalue weighted by Crippen LogP contribution is -2.18. The van der Waals surface area contributed by atoms with E-state index < -0.39 is 17.2 Å². The fraction of sp³-hybridized carbons (Fsp3) is 0.214. The third-order valence-electron chi connectivity index (χ3n) is 3.14. The number of halogens is 2. The average molecular weight is 288 g/mol. The van der Waals surface area contributed by atoms with Crippen LogP contribution in [0.1, 0.15) is 18.4 Å². The van der Waals surface area contributed by atoms with Crippen molar-refractivity contribution in [3.8, 4) is 17.3 Å². The molecule has 1 aliphatic rings. The van der Waals surface area contributed by atoms with Crippen LogP contribution in [0.3, 0.4) is 0 Å². The highest BCUT2D eigenvalue weighted by molar-refractivity contribution is 5.67. The maximum atomic E-state index is 13.3. The van der Waals surface area contributed by atoms with Crippen molar-refractivity contribution in [2.24, 2.45) is 0 Å². The van der Waals surface area contributed by atoms with Crippen molar-refractivity contribution in [1.29, 1.82) is 5.26 Å². The van der Waals surface area contributed by atoms with Crippen LogP contribution in [0.25, 0.3) is 11.3 Å².